The number of rotatable bonds is 2. The Balaban J connectivity index is 3.80. The Bertz CT molecular complexity index is 121. The van der Waals surface area contributed by atoms with Gasteiger partial charge in [0.05, 0.1) is 0 Å². The summed E-state index contributed by atoms with van der Waals surface area (Å²) in [7, 11) is 0. The molecular weight excluding hydrogens is 126 g/mol. The van der Waals surface area contributed by atoms with Crippen molar-refractivity contribution in [3.8, 4) is 0 Å². The molecule has 0 aliphatic carbocycles. The summed E-state index contributed by atoms with van der Waals surface area (Å²) in [5.74, 6) is -1.07. The maximum Gasteiger partial charge on any atom is 0.352 e. The number of carboxylic acids is 1. The first-order valence-electron chi connectivity index (χ1n) is 1.90. The fourth-order valence-corrected chi connectivity index (χ4v) is 0.532. The van der Waals surface area contributed by atoms with E-state index < -0.39 is 5.97 Å². The van der Waals surface area contributed by atoms with E-state index in [1.165, 1.54) is 17.2 Å². The van der Waals surface area contributed by atoms with Crippen LogP contribution in [-0.4, -0.2) is 17.3 Å². The summed E-state index contributed by atoms with van der Waals surface area (Å²) in [5.41, 5.74) is 4.85. The van der Waals surface area contributed by atoms with Crippen LogP contribution in [0, 0.1) is 0 Å². The van der Waals surface area contributed by atoms with E-state index >= 15 is 0 Å². The van der Waals surface area contributed by atoms with Gasteiger partial charge in [-0.2, -0.15) is 0 Å². The lowest BCUT2D eigenvalue weighted by Crippen LogP contribution is -2.08. The Morgan fingerprint density at radius 1 is 1.88 bits per heavy atom. The molecule has 0 rings (SSSR count). The fourth-order valence-electron chi connectivity index (χ4n) is 0.177. The van der Waals surface area contributed by atoms with Crippen LogP contribution in [0.2, 0.25) is 0 Å². The summed E-state index contributed by atoms with van der Waals surface area (Å²) in [6, 6.07) is 0. The molecule has 0 atom stereocenters. The van der Waals surface area contributed by atoms with E-state index in [0.29, 0.717) is 0 Å². The predicted octanol–water partition coefficient (Wildman–Crippen LogP) is 0.234. The molecule has 0 aromatic carbocycles. The van der Waals surface area contributed by atoms with Gasteiger partial charge in [0.15, 0.2) is 0 Å². The average Bonchev–Trinajstić information content (AvgIpc) is 1.67. The molecular formula is C4H7NO2S. The third kappa shape index (κ3) is 2.52. The van der Waals surface area contributed by atoms with Gasteiger partial charge in [-0.15, -0.1) is 11.8 Å². The molecule has 0 aliphatic heterocycles. The number of hydrogen-bond donors (Lipinski definition) is 2. The minimum absolute atomic E-state index is 0.113. The van der Waals surface area contributed by atoms with Crippen LogP contribution in [0.4, 0.5) is 0 Å². The van der Waals surface area contributed by atoms with Gasteiger partial charge in [0, 0.05) is 5.41 Å². The van der Waals surface area contributed by atoms with Gasteiger partial charge in [0.2, 0.25) is 0 Å². The maximum absolute atomic E-state index is 9.88. The summed E-state index contributed by atoms with van der Waals surface area (Å²) in [4.78, 5) is 9.88. The molecule has 8 heavy (non-hydrogen) atoms. The first kappa shape index (κ1) is 7.36. The van der Waals surface area contributed by atoms with Gasteiger partial charge in [-0.3, -0.25) is 0 Å². The summed E-state index contributed by atoms with van der Waals surface area (Å²) in [6.45, 7) is 0. The topological polar surface area (TPSA) is 63.3 Å². The summed E-state index contributed by atoms with van der Waals surface area (Å²) in [6.07, 6.45) is 1.75. The number of carboxylic acid groups (broad SMARTS) is 1. The lowest BCUT2D eigenvalue weighted by Gasteiger charge is -1.87. The molecule has 3 N–H and O–H groups in total. The molecule has 0 saturated carbocycles. The Kier molecular flexibility index (Phi) is 3.10. The van der Waals surface area contributed by atoms with E-state index in [9.17, 15) is 4.79 Å². The second kappa shape index (κ2) is 3.37. The SMILES string of the molecule is CS/C=C(\N)C(=O)O. The number of aliphatic carboxylic acids is 1. The summed E-state index contributed by atoms with van der Waals surface area (Å²) < 4.78 is 0. The molecule has 0 unspecified atom stereocenters. The van der Waals surface area contributed by atoms with Crippen molar-refractivity contribution in [2.45, 2.75) is 0 Å². The Morgan fingerprint density at radius 2 is 2.38 bits per heavy atom. The Hall–Kier alpha value is -0.640. The van der Waals surface area contributed by atoms with Gasteiger partial charge in [-0.1, -0.05) is 0 Å². The van der Waals surface area contributed by atoms with Crippen molar-refractivity contribution in [3.63, 3.8) is 0 Å². The molecule has 0 aliphatic rings. The average molecular weight is 133 g/mol. The van der Waals surface area contributed by atoms with E-state index in [0.717, 1.165) is 0 Å². The van der Waals surface area contributed by atoms with Crippen molar-refractivity contribution in [2.75, 3.05) is 6.26 Å². The molecule has 0 bridgehead atoms. The Morgan fingerprint density at radius 3 is 2.50 bits per heavy atom. The first-order chi connectivity index (χ1) is 3.68. The third-order valence-corrected chi connectivity index (χ3v) is 0.981. The number of nitrogens with two attached hydrogens (primary N) is 1. The van der Waals surface area contributed by atoms with Gasteiger partial charge in [-0.05, 0) is 6.26 Å². The quantitative estimate of drug-likeness (QED) is 0.529. The third-order valence-electron chi connectivity index (χ3n) is 0.492. The van der Waals surface area contributed by atoms with Crippen molar-refractivity contribution in [3.05, 3.63) is 11.1 Å². The van der Waals surface area contributed by atoms with E-state index in [1.54, 1.807) is 6.26 Å². The van der Waals surface area contributed by atoms with Crippen LogP contribution in [0.3, 0.4) is 0 Å². The zero-order chi connectivity index (χ0) is 6.57. The van der Waals surface area contributed by atoms with Crippen molar-refractivity contribution in [1.29, 1.82) is 0 Å². The summed E-state index contributed by atoms with van der Waals surface area (Å²) in [5, 5.41) is 9.48. The highest BCUT2D eigenvalue weighted by atomic mass is 32.2. The van der Waals surface area contributed by atoms with Crippen LogP contribution in [0.1, 0.15) is 0 Å². The largest absolute Gasteiger partial charge is 0.477 e. The fraction of sp³-hybridized carbons (Fsp3) is 0.250. The molecule has 4 heteroatoms. The number of thioether (sulfide) groups is 1. The van der Waals surface area contributed by atoms with Gasteiger partial charge in [0.25, 0.3) is 0 Å². The molecule has 0 fully saturated rings. The zero-order valence-electron chi connectivity index (χ0n) is 4.42. The van der Waals surface area contributed by atoms with E-state index in [-0.39, 0.29) is 5.70 Å². The lowest BCUT2D eigenvalue weighted by atomic mass is 10.5. The first-order valence-corrected chi connectivity index (χ1v) is 3.19. The van der Waals surface area contributed by atoms with E-state index in [2.05, 4.69) is 0 Å². The van der Waals surface area contributed by atoms with Crippen LogP contribution in [-0.2, 0) is 4.79 Å². The minimum atomic E-state index is -1.07. The highest BCUT2D eigenvalue weighted by molar-refractivity contribution is 8.01. The number of hydrogen-bond acceptors (Lipinski definition) is 3. The summed E-state index contributed by atoms with van der Waals surface area (Å²) >= 11 is 1.27. The maximum atomic E-state index is 9.88. The molecule has 0 radical (unpaired) electrons. The molecule has 0 spiro atoms. The highest BCUT2D eigenvalue weighted by Gasteiger charge is 1.96. The van der Waals surface area contributed by atoms with Gasteiger partial charge in [-0.25, -0.2) is 4.79 Å². The second-order valence-corrected chi connectivity index (χ2v) is 1.82. The minimum Gasteiger partial charge on any atom is -0.477 e. The van der Waals surface area contributed by atoms with Crippen molar-refractivity contribution in [1.82, 2.24) is 0 Å². The van der Waals surface area contributed by atoms with Crippen molar-refractivity contribution in [2.24, 2.45) is 5.73 Å². The number of carbonyl (C=O) groups is 1. The monoisotopic (exact) mass is 133 g/mol. The van der Waals surface area contributed by atoms with Crippen LogP contribution < -0.4 is 5.73 Å². The van der Waals surface area contributed by atoms with Gasteiger partial charge < -0.3 is 10.8 Å². The predicted molar refractivity (Wildman–Crippen MR) is 33.4 cm³/mol. The van der Waals surface area contributed by atoms with Crippen molar-refractivity contribution >= 4 is 17.7 Å². The molecule has 0 heterocycles. The zero-order valence-corrected chi connectivity index (χ0v) is 5.23. The second-order valence-electron chi connectivity index (χ2n) is 1.11. The van der Waals surface area contributed by atoms with Crippen LogP contribution in [0.15, 0.2) is 11.1 Å². The standard InChI is InChI=1S/C4H7NO2S/c1-8-2-3(5)4(6)7/h2H,5H2,1H3,(H,6,7)/b3-2-. The molecule has 0 aromatic heterocycles. The van der Waals surface area contributed by atoms with Gasteiger partial charge >= 0.3 is 5.97 Å². The molecule has 46 valence electrons. The highest BCUT2D eigenvalue weighted by Crippen LogP contribution is 1.96. The molecule has 3 nitrogen and oxygen atoms in total. The lowest BCUT2D eigenvalue weighted by molar-refractivity contribution is -0.132. The van der Waals surface area contributed by atoms with E-state index in [1.807, 2.05) is 0 Å². The molecule has 0 saturated heterocycles. The molecule has 0 amide bonds. The van der Waals surface area contributed by atoms with Crippen LogP contribution in [0.5, 0.6) is 0 Å². The Labute approximate surface area is 51.6 Å². The van der Waals surface area contributed by atoms with Crippen LogP contribution >= 0.6 is 11.8 Å². The normalized spacial score (nSPS) is 11.4. The van der Waals surface area contributed by atoms with Gasteiger partial charge in [0.1, 0.15) is 5.70 Å². The van der Waals surface area contributed by atoms with Crippen LogP contribution in [0.25, 0.3) is 0 Å². The molecule has 0 aromatic rings. The van der Waals surface area contributed by atoms with Crippen molar-refractivity contribution < 1.29 is 9.90 Å². The smallest absolute Gasteiger partial charge is 0.352 e. The van der Waals surface area contributed by atoms with E-state index in [4.69, 9.17) is 10.8 Å².